The largest absolute Gasteiger partial charge is 0.477 e. The van der Waals surface area contributed by atoms with Crippen LogP contribution in [-0.2, 0) is 4.79 Å². The van der Waals surface area contributed by atoms with Crippen LogP contribution in [0.3, 0.4) is 0 Å². The Kier molecular flexibility index (Phi) is 12.5. The molecule has 0 saturated carbocycles. The van der Waals surface area contributed by atoms with Gasteiger partial charge in [0.05, 0.1) is 10.6 Å². The number of rotatable bonds is 10. The molecule has 0 spiro atoms. The first-order valence-corrected chi connectivity index (χ1v) is 8.75. The van der Waals surface area contributed by atoms with E-state index in [1.54, 1.807) is 18.2 Å². The third-order valence-corrected chi connectivity index (χ3v) is 3.55. The number of nitro groups is 1. The molecule has 9 nitrogen and oxygen atoms in total. The summed E-state index contributed by atoms with van der Waals surface area (Å²) in [5.74, 6) is -1.27. The van der Waals surface area contributed by atoms with Gasteiger partial charge in [-0.15, -0.1) is 0 Å². The second-order valence-electron chi connectivity index (χ2n) is 4.50. The topological polar surface area (TPSA) is 151 Å². The van der Waals surface area contributed by atoms with Gasteiger partial charge in [0, 0.05) is 25.8 Å². The Morgan fingerprint density at radius 3 is 2.65 bits per heavy atom. The van der Waals surface area contributed by atoms with Crippen molar-refractivity contribution in [3.63, 3.8) is 0 Å². The summed E-state index contributed by atoms with van der Waals surface area (Å²) < 4.78 is 2.89. The highest BCUT2D eigenvalue weighted by molar-refractivity contribution is 7.97. The van der Waals surface area contributed by atoms with E-state index in [-0.39, 0.29) is 24.5 Å². The maximum absolute atomic E-state index is 10.9. The van der Waals surface area contributed by atoms with Crippen molar-refractivity contribution in [1.82, 2.24) is 4.72 Å². The number of carboxylic acids is 1. The average Bonchev–Trinajstić information content (AvgIpc) is 2.63. The zero-order valence-corrected chi connectivity index (χ0v) is 15.5. The molecule has 10 heteroatoms. The lowest BCUT2D eigenvalue weighted by atomic mass is 10.3. The lowest BCUT2D eigenvalue weighted by Gasteiger charge is -2.06. The first-order valence-electron chi connectivity index (χ1n) is 7.93. The van der Waals surface area contributed by atoms with Crippen LogP contribution in [0.4, 0.5) is 5.69 Å². The predicted molar refractivity (Wildman–Crippen MR) is 102 cm³/mol. The number of carboxylic acid groups (broad SMARTS) is 1. The highest BCUT2D eigenvalue weighted by atomic mass is 32.2. The standard InChI is InChI=1S/C14H18N4O5S.C2H6/c15-11(14(20)21)8-10(16-6-3-7-19)9-17-24-13-5-2-1-4-12(13)18(22)23;1-2/h1-2,4-5,8,17,19H,3,6-7,9,15H2,(H,20,21);1-2H3/b11-8-,16-10?;. The molecule has 0 unspecified atom stereocenters. The van der Waals surface area contributed by atoms with E-state index in [4.69, 9.17) is 15.9 Å². The smallest absolute Gasteiger partial charge is 0.351 e. The Morgan fingerprint density at radius 2 is 2.08 bits per heavy atom. The van der Waals surface area contributed by atoms with Crippen LogP contribution in [0.15, 0.2) is 45.9 Å². The maximum Gasteiger partial charge on any atom is 0.351 e. The van der Waals surface area contributed by atoms with Crippen molar-refractivity contribution in [2.45, 2.75) is 25.2 Å². The van der Waals surface area contributed by atoms with Crippen LogP contribution < -0.4 is 10.5 Å². The number of nitrogens with one attached hydrogen (secondary N) is 1. The van der Waals surface area contributed by atoms with Gasteiger partial charge in [-0.1, -0.05) is 26.0 Å². The van der Waals surface area contributed by atoms with Crippen LogP contribution in [0, 0.1) is 10.1 Å². The van der Waals surface area contributed by atoms with Gasteiger partial charge in [-0.25, -0.2) is 4.79 Å². The van der Waals surface area contributed by atoms with Gasteiger partial charge in [0.15, 0.2) is 0 Å². The number of para-hydroxylation sites is 1. The number of aliphatic hydroxyl groups excluding tert-OH is 1. The van der Waals surface area contributed by atoms with Gasteiger partial charge in [0.2, 0.25) is 0 Å². The molecule has 0 amide bonds. The SMILES string of the molecule is CC.N/C(=C\C(CNSc1ccccc1[N+](=O)[O-])=NCCCO)C(=O)O. The molecular weight excluding hydrogens is 360 g/mol. The molecule has 0 fully saturated rings. The van der Waals surface area contributed by atoms with Crippen molar-refractivity contribution in [1.29, 1.82) is 0 Å². The molecule has 0 heterocycles. The van der Waals surface area contributed by atoms with Crippen molar-refractivity contribution >= 4 is 29.3 Å². The number of nitro benzene ring substituents is 1. The Labute approximate surface area is 156 Å². The van der Waals surface area contributed by atoms with E-state index < -0.39 is 10.9 Å². The van der Waals surface area contributed by atoms with E-state index in [1.165, 1.54) is 12.1 Å². The number of aliphatic hydroxyl groups is 1. The summed E-state index contributed by atoms with van der Waals surface area (Å²) in [4.78, 5) is 25.8. The van der Waals surface area contributed by atoms with E-state index in [2.05, 4.69) is 9.71 Å². The Bertz CT molecular complexity index is 649. The molecule has 0 aliphatic carbocycles. The average molecular weight is 384 g/mol. The number of hydrogen-bond acceptors (Lipinski definition) is 8. The minimum Gasteiger partial charge on any atom is -0.477 e. The van der Waals surface area contributed by atoms with Crippen molar-refractivity contribution in [2.75, 3.05) is 19.7 Å². The van der Waals surface area contributed by atoms with Crippen LogP contribution in [0.25, 0.3) is 0 Å². The fraction of sp³-hybridized carbons (Fsp3) is 0.375. The molecule has 0 saturated heterocycles. The fourth-order valence-corrected chi connectivity index (χ4v) is 2.34. The molecule has 5 N–H and O–H groups in total. The molecule has 0 aromatic heterocycles. The number of aliphatic imine (C=N–C) groups is 1. The van der Waals surface area contributed by atoms with Gasteiger partial charge in [0.1, 0.15) is 10.6 Å². The van der Waals surface area contributed by atoms with Crippen molar-refractivity contribution < 1.29 is 19.9 Å². The first-order chi connectivity index (χ1) is 12.5. The van der Waals surface area contributed by atoms with Crippen LogP contribution >= 0.6 is 11.9 Å². The highest BCUT2D eigenvalue weighted by Crippen LogP contribution is 2.26. The first kappa shape index (κ1) is 23.6. The number of nitrogens with zero attached hydrogens (tertiary/aromatic N) is 2. The van der Waals surface area contributed by atoms with Crippen LogP contribution in [-0.4, -0.2) is 46.5 Å². The third-order valence-electron chi connectivity index (χ3n) is 2.70. The minimum atomic E-state index is -1.27. The Hall–Kier alpha value is -2.43. The number of benzene rings is 1. The summed E-state index contributed by atoms with van der Waals surface area (Å²) in [5, 5.41) is 28.5. The fourth-order valence-electron chi connectivity index (χ4n) is 1.57. The van der Waals surface area contributed by atoms with Gasteiger partial charge in [-0.3, -0.25) is 19.8 Å². The second kappa shape index (κ2) is 13.8. The van der Waals surface area contributed by atoms with Crippen LogP contribution in [0.2, 0.25) is 0 Å². The summed E-state index contributed by atoms with van der Waals surface area (Å²) in [6.07, 6.45) is 1.65. The van der Waals surface area contributed by atoms with Crippen molar-refractivity contribution in [3.8, 4) is 0 Å². The zero-order valence-electron chi connectivity index (χ0n) is 14.7. The number of carbonyl (C=O) groups is 1. The molecule has 144 valence electrons. The van der Waals surface area contributed by atoms with Crippen LogP contribution in [0.5, 0.6) is 0 Å². The summed E-state index contributed by atoms with van der Waals surface area (Å²) in [6.45, 7) is 4.43. The second-order valence-corrected chi connectivity index (χ2v) is 5.44. The molecule has 0 atom stereocenters. The molecule has 0 aliphatic heterocycles. The number of nitrogens with two attached hydrogens (primary N) is 1. The van der Waals surface area contributed by atoms with E-state index in [0.717, 1.165) is 11.9 Å². The monoisotopic (exact) mass is 384 g/mol. The van der Waals surface area contributed by atoms with Gasteiger partial charge in [-0.2, -0.15) is 0 Å². The Morgan fingerprint density at radius 1 is 1.42 bits per heavy atom. The summed E-state index contributed by atoms with van der Waals surface area (Å²) in [7, 11) is 0. The minimum absolute atomic E-state index is 0.0330. The van der Waals surface area contributed by atoms with Crippen molar-refractivity contribution in [3.05, 3.63) is 46.2 Å². The summed E-state index contributed by atoms with van der Waals surface area (Å²) >= 11 is 1.04. The number of aliphatic carboxylic acids is 1. The Balaban J connectivity index is 0.00000301. The molecule has 1 rings (SSSR count). The van der Waals surface area contributed by atoms with Crippen LogP contribution in [0.1, 0.15) is 20.3 Å². The van der Waals surface area contributed by atoms with Crippen molar-refractivity contribution in [2.24, 2.45) is 10.7 Å². The van der Waals surface area contributed by atoms with Gasteiger partial charge in [-0.05, 0) is 30.5 Å². The molecule has 1 aromatic carbocycles. The normalized spacial score (nSPS) is 11.5. The lowest BCUT2D eigenvalue weighted by Crippen LogP contribution is -2.19. The van der Waals surface area contributed by atoms with E-state index in [0.29, 0.717) is 23.6 Å². The zero-order chi connectivity index (χ0) is 19.9. The molecule has 0 radical (unpaired) electrons. The maximum atomic E-state index is 10.9. The highest BCUT2D eigenvalue weighted by Gasteiger charge is 2.13. The summed E-state index contributed by atoms with van der Waals surface area (Å²) in [5.41, 5.74) is 5.35. The lowest BCUT2D eigenvalue weighted by molar-refractivity contribution is -0.387. The van der Waals surface area contributed by atoms with E-state index >= 15 is 0 Å². The van der Waals surface area contributed by atoms with E-state index in [1.807, 2.05) is 13.8 Å². The quantitative estimate of drug-likeness (QED) is 0.119. The molecule has 0 bridgehead atoms. The van der Waals surface area contributed by atoms with Gasteiger partial charge >= 0.3 is 5.97 Å². The molecular formula is C16H24N4O5S. The van der Waals surface area contributed by atoms with Gasteiger partial charge < -0.3 is 15.9 Å². The van der Waals surface area contributed by atoms with E-state index in [9.17, 15) is 14.9 Å². The molecule has 26 heavy (non-hydrogen) atoms. The number of hydrogen-bond donors (Lipinski definition) is 4. The summed E-state index contributed by atoms with van der Waals surface area (Å²) in [6, 6.07) is 6.23. The molecule has 1 aromatic rings. The predicted octanol–water partition coefficient (Wildman–Crippen LogP) is 1.97. The third kappa shape index (κ3) is 9.16. The van der Waals surface area contributed by atoms with Gasteiger partial charge in [0.25, 0.3) is 5.69 Å². The molecule has 0 aliphatic rings.